The molecule has 0 atom stereocenters. The zero-order valence-corrected chi connectivity index (χ0v) is 19.0. The number of aromatic nitrogens is 2. The number of hydrogen-bond acceptors (Lipinski definition) is 6. The van der Waals surface area contributed by atoms with Gasteiger partial charge in [-0.1, -0.05) is 0 Å². The molecule has 0 spiro atoms. The summed E-state index contributed by atoms with van der Waals surface area (Å²) in [6.45, 7) is 8.83. The standard InChI is InChI=1S/C24H29N3O5/c1-15-16(2)23(29)31-22-17-6-7-24(3,4)32-18(17)12-19(21(15)22)30-13-20(28)26-8-5-10-27-11-9-25-14-27/h9,11-12,14H,5-8,10,13H2,1-4H3,(H,26,28). The van der Waals surface area contributed by atoms with Crippen LogP contribution >= 0.6 is 0 Å². The fraction of sp³-hybridized carbons (Fsp3) is 0.458. The van der Waals surface area contributed by atoms with Gasteiger partial charge in [-0.25, -0.2) is 9.78 Å². The first-order chi connectivity index (χ1) is 15.2. The third-order valence-corrected chi connectivity index (χ3v) is 5.94. The molecule has 8 nitrogen and oxygen atoms in total. The first-order valence-corrected chi connectivity index (χ1v) is 10.9. The average molecular weight is 440 g/mol. The SMILES string of the molecule is Cc1c(C)c2c(OCC(=O)NCCCn3ccnc3)cc3c(c2oc1=O)CCC(C)(C)O3. The van der Waals surface area contributed by atoms with E-state index in [9.17, 15) is 9.59 Å². The third kappa shape index (κ3) is 4.49. The first kappa shape index (κ1) is 21.9. The van der Waals surface area contributed by atoms with Crippen molar-refractivity contribution in [1.82, 2.24) is 14.9 Å². The molecule has 0 aliphatic carbocycles. The van der Waals surface area contributed by atoms with E-state index in [4.69, 9.17) is 13.9 Å². The lowest BCUT2D eigenvalue weighted by Crippen LogP contribution is -2.33. The number of nitrogens with one attached hydrogen (secondary N) is 1. The maximum atomic E-state index is 12.4. The maximum Gasteiger partial charge on any atom is 0.339 e. The van der Waals surface area contributed by atoms with Crippen molar-refractivity contribution in [2.75, 3.05) is 13.2 Å². The molecular formula is C24H29N3O5. The molecule has 1 aromatic carbocycles. The number of fused-ring (bicyclic) bond motifs is 3. The minimum atomic E-state index is -0.366. The molecule has 32 heavy (non-hydrogen) atoms. The van der Waals surface area contributed by atoms with Gasteiger partial charge in [0.25, 0.3) is 5.91 Å². The molecule has 0 unspecified atom stereocenters. The van der Waals surface area contributed by atoms with Crippen LogP contribution in [0.15, 0.2) is 34.0 Å². The lowest BCUT2D eigenvalue weighted by atomic mass is 9.92. The maximum absolute atomic E-state index is 12.4. The van der Waals surface area contributed by atoms with Crippen LogP contribution in [0.1, 0.15) is 43.4 Å². The highest BCUT2D eigenvalue weighted by atomic mass is 16.5. The molecule has 1 N–H and O–H groups in total. The molecule has 0 saturated heterocycles. The Morgan fingerprint density at radius 2 is 2.12 bits per heavy atom. The summed E-state index contributed by atoms with van der Waals surface area (Å²) in [7, 11) is 0. The lowest BCUT2D eigenvalue weighted by Gasteiger charge is -2.33. The van der Waals surface area contributed by atoms with Gasteiger partial charge < -0.3 is 23.8 Å². The van der Waals surface area contributed by atoms with Crippen LogP contribution in [0.25, 0.3) is 11.0 Å². The van der Waals surface area contributed by atoms with E-state index in [0.717, 1.165) is 42.3 Å². The number of aryl methyl sites for hydroxylation is 3. The molecule has 3 aromatic rings. The van der Waals surface area contributed by atoms with Crippen LogP contribution in [-0.4, -0.2) is 34.2 Å². The highest BCUT2D eigenvalue weighted by Crippen LogP contribution is 2.43. The van der Waals surface area contributed by atoms with E-state index < -0.39 is 0 Å². The van der Waals surface area contributed by atoms with Crippen LogP contribution in [-0.2, 0) is 17.8 Å². The predicted molar refractivity (Wildman–Crippen MR) is 120 cm³/mol. The van der Waals surface area contributed by atoms with E-state index in [0.29, 0.717) is 29.2 Å². The zero-order chi connectivity index (χ0) is 22.9. The van der Waals surface area contributed by atoms with Gasteiger partial charge in [-0.15, -0.1) is 0 Å². The molecule has 0 radical (unpaired) electrons. The second kappa shape index (κ2) is 8.68. The van der Waals surface area contributed by atoms with Crippen LogP contribution in [0.2, 0.25) is 0 Å². The van der Waals surface area contributed by atoms with Crippen molar-refractivity contribution in [3.05, 3.63) is 51.9 Å². The van der Waals surface area contributed by atoms with Gasteiger partial charge in [0.2, 0.25) is 0 Å². The van der Waals surface area contributed by atoms with Crippen LogP contribution < -0.4 is 20.4 Å². The molecule has 1 aliphatic heterocycles. The highest BCUT2D eigenvalue weighted by molar-refractivity contribution is 5.92. The van der Waals surface area contributed by atoms with Crippen molar-refractivity contribution < 1.29 is 18.7 Å². The molecule has 0 bridgehead atoms. The zero-order valence-electron chi connectivity index (χ0n) is 19.0. The van der Waals surface area contributed by atoms with Gasteiger partial charge in [0.05, 0.1) is 11.7 Å². The number of nitrogens with zero attached hydrogens (tertiary/aromatic N) is 2. The Balaban J connectivity index is 1.53. The van der Waals surface area contributed by atoms with Gasteiger partial charge in [0, 0.05) is 42.7 Å². The number of carbonyl (C=O) groups is 1. The molecule has 3 heterocycles. The van der Waals surface area contributed by atoms with E-state index in [1.54, 1.807) is 19.4 Å². The van der Waals surface area contributed by atoms with Crippen molar-refractivity contribution in [3.8, 4) is 11.5 Å². The van der Waals surface area contributed by atoms with E-state index in [2.05, 4.69) is 10.3 Å². The second-order valence-corrected chi connectivity index (χ2v) is 8.85. The number of rotatable bonds is 7. The Morgan fingerprint density at radius 3 is 2.88 bits per heavy atom. The van der Waals surface area contributed by atoms with Crippen molar-refractivity contribution in [2.45, 2.75) is 59.1 Å². The number of benzene rings is 1. The smallest absolute Gasteiger partial charge is 0.339 e. The van der Waals surface area contributed by atoms with Gasteiger partial charge >= 0.3 is 5.63 Å². The van der Waals surface area contributed by atoms with Gasteiger partial charge in [-0.05, 0) is 52.5 Å². The van der Waals surface area contributed by atoms with E-state index in [1.807, 2.05) is 37.6 Å². The molecule has 0 fully saturated rings. The monoisotopic (exact) mass is 439 g/mol. The fourth-order valence-corrected chi connectivity index (χ4v) is 3.95. The predicted octanol–water partition coefficient (Wildman–Crippen LogP) is 3.30. The summed E-state index contributed by atoms with van der Waals surface area (Å²) in [5.41, 5.74) is 1.99. The summed E-state index contributed by atoms with van der Waals surface area (Å²) >= 11 is 0. The van der Waals surface area contributed by atoms with Crippen molar-refractivity contribution >= 4 is 16.9 Å². The molecule has 170 valence electrons. The summed E-state index contributed by atoms with van der Waals surface area (Å²) in [6, 6.07) is 1.82. The molecule has 1 aliphatic rings. The Morgan fingerprint density at radius 1 is 1.31 bits per heavy atom. The average Bonchev–Trinajstić information content (AvgIpc) is 3.26. The quantitative estimate of drug-likeness (QED) is 0.448. The van der Waals surface area contributed by atoms with E-state index >= 15 is 0 Å². The summed E-state index contributed by atoms with van der Waals surface area (Å²) in [5, 5.41) is 3.59. The van der Waals surface area contributed by atoms with Crippen LogP contribution in [0.3, 0.4) is 0 Å². The van der Waals surface area contributed by atoms with Gasteiger partial charge in [0.1, 0.15) is 22.7 Å². The number of imidazole rings is 1. The summed E-state index contributed by atoms with van der Waals surface area (Å²) in [4.78, 5) is 28.7. The van der Waals surface area contributed by atoms with Crippen LogP contribution in [0, 0.1) is 13.8 Å². The molecular weight excluding hydrogens is 410 g/mol. The Kier molecular flexibility index (Phi) is 5.95. The summed E-state index contributed by atoms with van der Waals surface area (Å²) in [6.07, 6.45) is 7.70. The third-order valence-electron chi connectivity index (χ3n) is 5.94. The first-order valence-electron chi connectivity index (χ1n) is 10.9. The lowest BCUT2D eigenvalue weighted by molar-refractivity contribution is -0.123. The minimum Gasteiger partial charge on any atom is -0.487 e. The minimum absolute atomic E-state index is 0.139. The largest absolute Gasteiger partial charge is 0.487 e. The number of amides is 1. The number of ether oxygens (including phenoxy) is 2. The van der Waals surface area contributed by atoms with Crippen molar-refractivity contribution in [3.63, 3.8) is 0 Å². The highest BCUT2D eigenvalue weighted by Gasteiger charge is 2.31. The number of carbonyl (C=O) groups excluding carboxylic acids is 1. The normalized spacial score (nSPS) is 14.6. The van der Waals surface area contributed by atoms with Gasteiger partial charge in [0.15, 0.2) is 6.61 Å². The topological polar surface area (TPSA) is 95.6 Å². The van der Waals surface area contributed by atoms with E-state index in [1.165, 1.54) is 0 Å². The second-order valence-electron chi connectivity index (χ2n) is 8.85. The van der Waals surface area contributed by atoms with Crippen LogP contribution in [0.4, 0.5) is 0 Å². The Bertz CT molecular complexity index is 1190. The van der Waals surface area contributed by atoms with Gasteiger partial charge in [-0.2, -0.15) is 0 Å². The van der Waals surface area contributed by atoms with Gasteiger partial charge in [-0.3, -0.25) is 4.79 Å². The Hall–Kier alpha value is -3.29. The van der Waals surface area contributed by atoms with Crippen LogP contribution in [0.5, 0.6) is 11.5 Å². The van der Waals surface area contributed by atoms with Crippen molar-refractivity contribution in [1.29, 1.82) is 0 Å². The molecule has 4 rings (SSSR count). The summed E-state index contributed by atoms with van der Waals surface area (Å²) in [5.74, 6) is 0.903. The number of hydrogen-bond donors (Lipinski definition) is 1. The van der Waals surface area contributed by atoms with E-state index in [-0.39, 0.29) is 23.7 Å². The van der Waals surface area contributed by atoms with Crippen molar-refractivity contribution in [2.24, 2.45) is 0 Å². The Labute approximate surface area is 186 Å². The molecule has 2 aromatic heterocycles. The molecule has 0 saturated carbocycles. The molecule has 1 amide bonds. The fourth-order valence-electron chi connectivity index (χ4n) is 3.95. The summed E-state index contributed by atoms with van der Waals surface area (Å²) < 4.78 is 19.7. The molecule has 8 heteroatoms.